The van der Waals surface area contributed by atoms with Crippen LogP contribution in [0, 0.1) is 6.92 Å². The fraction of sp³-hybridized carbons (Fsp3) is 0.118. The quantitative estimate of drug-likeness (QED) is 0.628. The molecule has 2 heteroatoms. The molecule has 0 saturated heterocycles. The Morgan fingerprint density at radius 1 is 0.895 bits per heavy atom. The van der Waals surface area contributed by atoms with E-state index in [9.17, 15) is 0 Å². The van der Waals surface area contributed by atoms with E-state index in [1.54, 1.807) is 0 Å². The molecule has 0 fully saturated rings. The molecule has 3 rings (SSSR count). The van der Waals surface area contributed by atoms with E-state index in [-0.39, 0.29) is 0 Å². The smallest absolute Gasteiger partial charge is 0.151 e. The van der Waals surface area contributed by atoms with Crippen molar-refractivity contribution < 1.29 is 0 Å². The lowest BCUT2D eigenvalue weighted by atomic mass is 9.72. The summed E-state index contributed by atoms with van der Waals surface area (Å²) in [6, 6.07) is 17.0. The summed E-state index contributed by atoms with van der Waals surface area (Å²) in [6.07, 6.45) is 1.96. The van der Waals surface area contributed by atoms with E-state index >= 15 is 0 Å². The zero-order chi connectivity index (χ0) is 13.2. The third kappa shape index (κ3) is 2.14. The second kappa shape index (κ2) is 4.89. The van der Waals surface area contributed by atoms with E-state index in [0.29, 0.717) is 0 Å². The molecule has 0 spiro atoms. The van der Waals surface area contributed by atoms with E-state index in [1.165, 1.54) is 27.4 Å². The van der Waals surface area contributed by atoms with E-state index in [4.69, 9.17) is 0 Å². The fourth-order valence-corrected chi connectivity index (χ4v) is 2.39. The molecule has 1 aromatic heterocycles. The molecule has 0 atom stereocenters. The van der Waals surface area contributed by atoms with Gasteiger partial charge in [-0.15, -0.1) is 0 Å². The number of fused-ring (bicyclic) bond motifs is 1. The lowest BCUT2D eigenvalue weighted by molar-refractivity contribution is 1.36. The largest absolute Gasteiger partial charge is 0.256 e. The van der Waals surface area contributed by atoms with Crippen LogP contribution in [0.2, 0.25) is 6.82 Å². The van der Waals surface area contributed by atoms with Gasteiger partial charge in [0.25, 0.3) is 0 Å². The van der Waals surface area contributed by atoms with Gasteiger partial charge in [-0.3, -0.25) is 4.98 Å². The normalized spacial score (nSPS) is 10.6. The van der Waals surface area contributed by atoms with E-state index < -0.39 is 0 Å². The number of hydrogen-bond acceptors (Lipinski definition) is 1. The van der Waals surface area contributed by atoms with Gasteiger partial charge in [-0.2, -0.15) is 0 Å². The van der Waals surface area contributed by atoms with Crippen molar-refractivity contribution in [1.82, 2.24) is 4.98 Å². The van der Waals surface area contributed by atoms with Gasteiger partial charge in [-0.05, 0) is 12.3 Å². The van der Waals surface area contributed by atoms with Crippen molar-refractivity contribution >= 4 is 23.5 Å². The molecule has 0 saturated carbocycles. The molecular weight excluding hydrogens is 229 g/mol. The van der Waals surface area contributed by atoms with Crippen molar-refractivity contribution in [3.8, 4) is 11.3 Å². The highest BCUT2D eigenvalue weighted by atomic mass is 14.7. The monoisotopic (exact) mass is 244 g/mol. The van der Waals surface area contributed by atoms with Crippen LogP contribution in [0.25, 0.3) is 22.0 Å². The Labute approximate surface area is 114 Å². The first-order valence-corrected chi connectivity index (χ1v) is 6.54. The molecule has 1 heterocycles. The Morgan fingerprint density at radius 3 is 2.26 bits per heavy atom. The van der Waals surface area contributed by atoms with Gasteiger partial charge in [-0.1, -0.05) is 66.4 Å². The second-order valence-corrected chi connectivity index (χ2v) is 4.76. The first-order valence-electron chi connectivity index (χ1n) is 6.54. The third-order valence-electron chi connectivity index (χ3n) is 3.46. The highest BCUT2D eigenvalue weighted by molar-refractivity contribution is 6.55. The minimum absolute atomic E-state index is 1.06. The molecule has 2 aromatic carbocycles. The van der Waals surface area contributed by atoms with E-state index in [2.05, 4.69) is 74.5 Å². The Bertz CT molecular complexity index is 717. The number of pyridine rings is 1. The van der Waals surface area contributed by atoms with Crippen LogP contribution in [0.1, 0.15) is 5.56 Å². The zero-order valence-corrected chi connectivity index (χ0v) is 11.2. The maximum atomic E-state index is 4.65. The molecule has 91 valence electrons. The molecule has 0 unspecified atom stereocenters. The Kier molecular flexibility index (Phi) is 3.08. The maximum absolute atomic E-state index is 4.65. The average molecular weight is 244 g/mol. The van der Waals surface area contributed by atoms with Crippen molar-refractivity contribution in [2.45, 2.75) is 13.7 Å². The van der Waals surface area contributed by atoms with Crippen LogP contribution < -0.4 is 5.46 Å². The fourth-order valence-electron chi connectivity index (χ4n) is 2.39. The molecule has 0 aliphatic heterocycles. The second-order valence-electron chi connectivity index (χ2n) is 4.76. The summed E-state index contributed by atoms with van der Waals surface area (Å²) >= 11 is 0. The van der Waals surface area contributed by atoms with Gasteiger partial charge in [0, 0.05) is 17.1 Å². The Morgan fingerprint density at radius 2 is 1.58 bits per heavy atom. The SMILES string of the molecule is C[B]c1cnc(-c2ccc(C)cc2)c2ccccc12. The summed E-state index contributed by atoms with van der Waals surface area (Å²) in [5, 5.41) is 2.47. The topological polar surface area (TPSA) is 12.9 Å². The van der Waals surface area contributed by atoms with Gasteiger partial charge < -0.3 is 0 Å². The van der Waals surface area contributed by atoms with Crippen LogP contribution in [0.5, 0.6) is 0 Å². The van der Waals surface area contributed by atoms with Crippen molar-refractivity contribution in [3.63, 3.8) is 0 Å². The molecule has 1 radical (unpaired) electrons. The highest BCUT2D eigenvalue weighted by Gasteiger charge is 2.07. The Balaban J connectivity index is 2.27. The van der Waals surface area contributed by atoms with Crippen molar-refractivity contribution in [3.05, 3.63) is 60.3 Å². The number of rotatable bonds is 2. The molecule has 3 aromatic rings. The van der Waals surface area contributed by atoms with E-state index in [1.807, 2.05) is 6.20 Å². The highest BCUT2D eigenvalue weighted by Crippen LogP contribution is 2.25. The van der Waals surface area contributed by atoms with Crippen molar-refractivity contribution in [2.24, 2.45) is 0 Å². The number of benzene rings is 2. The van der Waals surface area contributed by atoms with Gasteiger partial charge >= 0.3 is 0 Å². The lowest BCUT2D eigenvalue weighted by Crippen LogP contribution is -2.13. The average Bonchev–Trinajstić information content (AvgIpc) is 2.47. The first-order chi connectivity index (χ1) is 9.29. The summed E-state index contributed by atoms with van der Waals surface area (Å²) in [6.45, 7) is 4.15. The van der Waals surface area contributed by atoms with Crippen LogP contribution in [0.3, 0.4) is 0 Å². The molecule has 0 aliphatic carbocycles. The number of aryl methyl sites for hydroxylation is 1. The molecule has 0 bridgehead atoms. The number of nitrogens with zero attached hydrogens (tertiary/aromatic N) is 1. The maximum Gasteiger partial charge on any atom is 0.151 e. The summed E-state index contributed by atoms with van der Waals surface area (Å²) in [7, 11) is 2.11. The van der Waals surface area contributed by atoms with Gasteiger partial charge in [0.15, 0.2) is 7.28 Å². The van der Waals surface area contributed by atoms with Crippen LogP contribution in [-0.2, 0) is 0 Å². The van der Waals surface area contributed by atoms with Crippen molar-refractivity contribution in [1.29, 1.82) is 0 Å². The molecule has 19 heavy (non-hydrogen) atoms. The van der Waals surface area contributed by atoms with Crippen molar-refractivity contribution in [2.75, 3.05) is 0 Å². The predicted molar refractivity (Wildman–Crippen MR) is 83.2 cm³/mol. The molecular formula is C17H15BN. The number of hydrogen-bond donors (Lipinski definition) is 0. The van der Waals surface area contributed by atoms with Crippen LogP contribution >= 0.6 is 0 Å². The van der Waals surface area contributed by atoms with Crippen LogP contribution in [0.4, 0.5) is 0 Å². The number of aromatic nitrogens is 1. The van der Waals surface area contributed by atoms with Crippen LogP contribution in [-0.4, -0.2) is 12.3 Å². The minimum atomic E-state index is 1.06. The molecule has 0 amide bonds. The van der Waals surface area contributed by atoms with Gasteiger partial charge in [-0.25, -0.2) is 0 Å². The summed E-state index contributed by atoms with van der Waals surface area (Å²) in [4.78, 5) is 4.65. The minimum Gasteiger partial charge on any atom is -0.256 e. The first kappa shape index (κ1) is 12.0. The Hall–Kier alpha value is -2.09. The molecule has 0 N–H and O–H groups in total. The van der Waals surface area contributed by atoms with Gasteiger partial charge in [0.2, 0.25) is 0 Å². The standard InChI is InChI=1S/C17H15BN/c1-12-7-9-13(10-8-12)17-15-6-4-3-5-14(15)16(18-2)11-19-17/h3-11H,1-2H3. The summed E-state index contributed by atoms with van der Waals surface area (Å²) in [5.74, 6) is 0. The lowest BCUT2D eigenvalue weighted by Gasteiger charge is -2.09. The summed E-state index contributed by atoms with van der Waals surface area (Å²) in [5.41, 5.74) is 4.68. The zero-order valence-electron chi connectivity index (χ0n) is 11.2. The molecule has 1 nitrogen and oxygen atoms in total. The summed E-state index contributed by atoms with van der Waals surface area (Å²) < 4.78 is 0. The van der Waals surface area contributed by atoms with Gasteiger partial charge in [0.1, 0.15) is 0 Å². The van der Waals surface area contributed by atoms with Gasteiger partial charge in [0.05, 0.1) is 5.69 Å². The van der Waals surface area contributed by atoms with Crippen LogP contribution in [0.15, 0.2) is 54.7 Å². The molecule has 0 aliphatic rings. The third-order valence-corrected chi connectivity index (χ3v) is 3.46. The predicted octanol–water partition coefficient (Wildman–Crippen LogP) is 3.59. The van der Waals surface area contributed by atoms with E-state index in [0.717, 1.165) is 5.69 Å².